The lowest BCUT2D eigenvalue weighted by Gasteiger charge is -2.20. The average molecular weight is 340 g/mol. The highest BCUT2D eigenvalue weighted by atomic mass is 79.9. The van der Waals surface area contributed by atoms with E-state index in [9.17, 15) is 4.39 Å². The number of benzene rings is 1. The van der Waals surface area contributed by atoms with Gasteiger partial charge in [0.1, 0.15) is 5.82 Å². The first-order valence-corrected chi connectivity index (χ1v) is 7.55. The van der Waals surface area contributed by atoms with Crippen molar-refractivity contribution < 1.29 is 4.39 Å². The normalized spacial score (nSPS) is 12.6. The van der Waals surface area contributed by atoms with Crippen LogP contribution >= 0.6 is 15.9 Å². The van der Waals surface area contributed by atoms with Gasteiger partial charge in [-0.2, -0.15) is 5.10 Å². The summed E-state index contributed by atoms with van der Waals surface area (Å²) in [6, 6.07) is 5.00. The molecule has 3 nitrogen and oxygen atoms in total. The van der Waals surface area contributed by atoms with Crippen LogP contribution in [0.5, 0.6) is 0 Å². The van der Waals surface area contributed by atoms with Gasteiger partial charge in [0.15, 0.2) is 0 Å². The fraction of sp³-hybridized carbons (Fsp3) is 0.400. The number of nitrogens with zero attached hydrogens (tertiary/aromatic N) is 2. The minimum Gasteiger partial charge on any atom is -0.310 e. The van der Waals surface area contributed by atoms with Crippen molar-refractivity contribution in [2.24, 2.45) is 7.05 Å². The molecule has 0 saturated heterocycles. The molecule has 1 aromatic carbocycles. The number of aryl methyl sites for hydroxylation is 1. The molecule has 5 heteroatoms. The van der Waals surface area contributed by atoms with E-state index < -0.39 is 0 Å². The summed E-state index contributed by atoms with van der Waals surface area (Å²) in [7, 11) is 1.91. The fourth-order valence-electron chi connectivity index (χ4n) is 2.21. The summed E-state index contributed by atoms with van der Waals surface area (Å²) in [6.07, 6.45) is 5.77. The number of halogens is 2. The lowest BCUT2D eigenvalue weighted by atomic mass is 10.0. The van der Waals surface area contributed by atoms with Gasteiger partial charge in [0.25, 0.3) is 0 Å². The third kappa shape index (κ3) is 3.90. The number of nitrogens with one attached hydrogen (secondary N) is 1. The lowest BCUT2D eigenvalue weighted by Crippen LogP contribution is -2.24. The largest absolute Gasteiger partial charge is 0.310 e. The number of aromatic nitrogens is 2. The van der Waals surface area contributed by atoms with Crippen LogP contribution in [0.15, 0.2) is 35.1 Å². The van der Waals surface area contributed by atoms with Crippen LogP contribution in [-0.4, -0.2) is 16.3 Å². The van der Waals surface area contributed by atoms with Crippen molar-refractivity contribution in [2.75, 3.05) is 6.54 Å². The van der Waals surface area contributed by atoms with Crippen molar-refractivity contribution in [2.45, 2.75) is 25.8 Å². The third-order valence-corrected chi connectivity index (χ3v) is 3.86. The van der Waals surface area contributed by atoms with E-state index in [1.165, 1.54) is 12.1 Å². The molecule has 108 valence electrons. The first kappa shape index (κ1) is 15.2. The van der Waals surface area contributed by atoms with E-state index >= 15 is 0 Å². The van der Waals surface area contributed by atoms with Gasteiger partial charge in [-0.05, 0) is 42.6 Å². The van der Waals surface area contributed by atoms with Gasteiger partial charge in [0.2, 0.25) is 0 Å². The number of hydrogen-bond acceptors (Lipinski definition) is 2. The van der Waals surface area contributed by atoms with Crippen molar-refractivity contribution in [1.82, 2.24) is 15.1 Å². The Labute approximate surface area is 127 Å². The van der Waals surface area contributed by atoms with Gasteiger partial charge in [-0.25, -0.2) is 4.39 Å². The molecule has 0 bridgehead atoms. The minimum absolute atomic E-state index is 0.147. The van der Waals surface area contributed by atoms with E-state index in [2.05, 4.69) is 33.3 Å². The smallest absolute Gasteiger partial charge is 0.124 e. The number of hydrogen-bond donors (Lipinski definition) is 1. The van der Waals surface area contributed by atoms with Gasteiger partial charge < -0.3 is 5.32 Å². The first-order valence-electron chi connectivity index (χ1n) is 6.76. The summed E-state index contributed by atoms with van der Waals surface area (Å²) in [4.78, 5) is 0. The summed E-state index contributed by atoms with van der Waals surface area (Å²) < 4.78 is 15.8. The molecule has 1 aromatic heterocycles. The Morgan fingerprint density at radius 3 is 2.85 bits per heavy atom. The Morgan fingerprint density at radius 1 is 1.45 bits per heavy atom. The molecule has 0 aliphatic rings. The maximum atomic E-state index is 13.2. The maximum Gasteiger partial charge on any atom is 0.124 e. The summed E-state index contributed by atoms with van der Waals surface area (Å²) in [5.41, 5.74) is 2.24. The molecule has 0 radical (unpaired) electrons. The molecular weight excluding hydrogens is 321 g/mol. The molecule has 2 aromatic rings. The second-order valence-electron chi connectivity index (χ2n) is 4.90. The SMILES string of the molecule is CCCNC(Cc1cnn(C)c1)c1ccc(F)cc1Br. The van der Waals surface area contributed by atoms with Crippen LogP contribution in [0, 0.1) is 5.82 Å². The summed E-state index contributed by atoms with van der Waals surface area (Å²) in [5, 5.41) is 7.71. The van der Waals surface area contributed by atoms with Crippen LogP contribution in [0.4, 0.5) is 4.39 Å². The number of rotatable bonds is 6. The van der Waals surface area contributed by atoms with E-state index in [1.807, 2.05) is 25.5 Å². The second-order valence-corrected chi connectivity index (χ2v) is 5.75. The molecule has 1 atom stereocenters. The minimum atomic E-state index is -0.226. The van der Waals surface area contributed by atoms with Gasteiger partial charge >= 0.3 is 0 Å². The quantitative estimate of drug-likeness (QED) is 0.871. The molecule has 0 amide bonds. The Bertz CT molecular complexity index is 568. The molecule has 20 heavy (non-hydrogen) atoms. The standard InChI is InChI=1S/C15H19BrFN3/c1-3-6-18-15(7-11-9-19-20(2)10-11)13-5-4-12(17)8-14(13)16/h4-5,8-10,15,18H,3,6-7H2,1-2H3. The molecule has 1 heterocycles. The van der Waals surface area contributed by atoms with Crippen molar-refractivity contribution in [3.05, 3.63) is 52.0 Å². The average Bonchev–Trinajstić information content (AvgIpc) is 2.80. The third-order valence-electron chi connectivity index (χ3n) is 3.18. The highest BCUT2D eigenvalue weighted by Gasteiger charge is 2.15. The van der Waals surface area contributed by atoms with E-state index in [0.717, 1.165) is 35.0 Å². The van der Waals surface area contributed by atoms with Crippen molar-refractivity contribution in [1.29, 1.82) is 0 Å². The molecule has 0 aliphatic heterocycles. The lowest BCUT2D eigenvalue weighted by molar-refractivity contribution is 0.525. The predicted octanol–water partition coefficient (Wildman–Crippen LogP) is 3.61. The fourth-order valence-corrected chi connectivity index (χ4v) is 2.83. The van der Waals surface area contributed by atoms with Gasteiger partial charge in [-0.1, -0.05) is 28.9 Å². The van der Waals surface area contributed by atoms with Crippen LogP contribution < -0.4 is 5.32 Å². The van der Waals surface area contributed by atoms with Crippen LogP contribution in [0.3, 0.4) is 0 Å². The Balaban J connectivity index is 2.22. The molecule has 0 saturated carbocycles. The highest BCUT2D eigenvalue weighted by molar-refractivity contribution is 9.10. The maximum absolute atomic E-state index is 13.2. The molecule has 1 N–H and O–H groups in total. The highest BCUT2D eigenvalue weighted by Crippen LogP contribution is 2.27. The molecular formula is C15H19BrFN3. The van der Waals surface area contributed by atoms with E-state index in [0.29, 0.717) is 0 Å². The van der Waals surface area contributed by atoms with Gasteiger partial charge in [-0.3, -0.25) is 4.68 Å². The molecule has 0 spiro atoms. The Morgan fingerprint density at radius 2 is 2.25 bits per heavy atom. The van der Waals surface area contributed by atoms with E-state index in [1.54, 1.807) is 4.68 Å². The van der Waals surface area contributed by atoms with Crippen LogP contribution in [-0.2, 0) is 13.5 Å². The zero-order chi connectivity index (χ0) is 14.5. The molecule has 0 fully saturated rings. The van der Waals surface area contributed by atoms with E-state index in [-0.39, 0.29) is 11.9 Å². The first-order chi connectivity index (χ1) is 9.60. The molecule has 1 unspecified atom stereocenters. The molecule has 0 aliphatic carbocycles. The zero-order valence-corrected chi connectivity index (χ0v) is 13.3. The predicted molar refractivity (Wildman–Crippen MR) is 82.0 cm³/mol. The Kier molecular flexibility index (Phi) is 5.31. The second kappa shape index (κ2) is 6.99. The summed E-state index contributed by atoms with van der Waals surface area (Å²) in [6.45, 7) is 3.06. The van der Waals surface area contributed by atoms with Crippen LogP contribution in [0.2, 0.25) is 0 Å². The van der Waals surface area contributed by atoms with Gasteiger partial charge in [-0.15, -0.1) is 0 Å². The van der Waals surface area contributed by atoms with Crippen molar-refractivity contribution in [3.8, 4) is 0 Å². The monoisotopic (exact) mass is 339 g/mol. The van der Waals surface area contributed by atoms with Crippen molar-refractivity contribution in [3.63, 3.8) is 0 Å². The van der Waals surface area contributed by atoms with E-state index in [4.69, 9.17) is 0 Å². The van der Waals surface area contributed by atoms with Gasteiger partial charge in [0, 0.05) is 23.8 Å². The zero-order valence-electron chi connectivity index (χ0n) is 11.7. The summed E-state index contributed by atoms with van der Waals surface area (Å²) >= 11 is 3.46. The topological polar surface area (TPSA) is 29.9 Å². The molecule has 2 rings (SSSR count). The summed E-state index contributed by atoms with van der Waals surface area (Å²) in [5.74, 6) is -0.226. The van der Waals surface area contributed by atoms with Gasteiger partial charge in [0.05, 0.1) is 6.20 Å². The van der Waals surface area contributed by atoms with Crippen molar-refractivity contribution >= 4 is 15.9 Å². The van der Waals surface area contributed by atoms with Crippen LogP contribution in [0.25, 0.3) is 0 Å². The Hall–Kier alpha value is -1.20. The van der Waals surface area contributed by atoms with Crippen LogP contribution in [0.1, 0.15) is 30.5 Å².